The quantitative estimate of drug-likeness (QED) is 0.641. The van der Waals surface area contributed by atoms with Crippen molar-refractivity contribution in [3.8, 4) is 0 Å². The van der Waals surface area contributed by atoms with Crippen molar-refractivity contribution in [2.24, 2.45) is 11.6 Å². The molecule has 2 aromatic carbocycles. The minimum absolute atomic E-state index is 0.368. The molecule has 0 unspecified atom stereocenters. The van der Waals surface area contributed by atoms with Gasteiger partial charge in [-0.05, 0) is 25.5 Å². The van der Waals surface area contributed by atoms with Crippen LogP contribution in [0.5, 0.6) is 0 Å². The highest BCUT2D eigenvalue weighted by atomic mass is 15.4. The zero-order valence-electron chi connectivity index (χ0n) is 16.0. The first-order valence-electron chi connectivity index (χ1n) is 8.93. The van der Waals surface area contributed by atoms with Crippen molar-refractivity contribution in [2.45, 2.75) is 40.3 Å². The summed E-state index contributed by atoms with van der Waals surface area (Å²) in [4.78, 5) is 2.39. The van der Waals surface area contributed by atoms with Crippen LogP contribution in [-0.2, 0) is 6.54 Å². The van der Waals surface area contributed by atoms with Crippen LogP contribution in [0.1, 0.15) is 44.4 Å². The number of anilines is 1. The summed E-state index contributed by atoms with van der Waals surface area (Å²) in [6.45, 7) is 9.24. The van der Waals surface area contributed by atoms with Crippen molar-refractivity contribution in [1.82, 2.24) is 5.01 Å². The summed E-state index contributed by atoms with van der Waals surface area (Å²) in [6, 6.07) is 17.0. The molecule has 0 radical (unpaired) electrons. The topological polar surface area (TPSA) is 58.5 Å². The van der Waals surface area contributed by atoms with Crippen LogP contribution in [0.3, 0.4) is 0 Å². The Bertz CT molecular complexity index is 747. The number of rotatable bonds is 2. The molecule has 0 aromatic heterocycles. The van der Waals surface area contributed by atoms with E-state index in [-0.39, 0.29) is 0 Å². The zero-order chi connectivity index (χ0) is 18.6. The van der Waals surface area contributed by atoms with E-state index in [1.54, 1.807) is 5.01 Å². The molecule has 0 atom stereocenters. The highest BCUT2D eigenvalue weighted by Gasteiger charge is 2.24. The van der Waals surface area contributed by atoms with Gasteiger partial charge in [0.25, 0.3) is 0 Å². The molecule has 4 N–H and O–H groups in total. The molecule has 4 heteroatoms. The third-order valence-electron chi connectivity index (χ3n) is 4.35. The van der Waals surface area contributed by atoms with Crippen LogP contribution >= 0.6 is 0 Å². The van der Waals surface area contributed by atoms with E-state index in [9.17, 15) is 0 Å². The summed E-state index contributed by atoms with van der Waals surface area (Å²) >= 11 is 0. The molecular weight excluding hydrogens is 308 g/mol. The van der Waals surface area contributed by atoms with E-state index in [0.717, 1.165) is 34.8 Å². The molecule has 0 amide bonds. The van der Waals surface area contributed by atoms with Crippen LogP contribution in [0.4, 0.5) is 5.69 Å². The van der Waals surface area contributed by atoms with Crippen LogP contribution in [0.2, 0.25) is 0 Å². The number of hydrogen-bond acceptors (Lipinski definition) is 4. The molecule has 134 valence electrons. The van der Waals surface area contributed by atoms with Gasteiger partial charge in [-0.2, -0.15) is 0 Å². The molecule has 0 spiro atoms. The molecule has 0 aliphatic carbocycles. The van der Waals surface area contributed by atoms with Gasteiger partial charge in [0.1, 0.15) is 0 Å². The van der Waals surface area contributed by atoms with Gasteiger partial charge in [-0.3, -0.25) is 0 Å². The van der Waals surface area contributed by atoms with Gasteiger partial charge >= 0.3 is 0 Å². The second-order valence-corrected chi connectivity index (χ2v) is 6.27. The SMILES string of the molecule is CC.CC(C)N1Cc2ccccc2/C(N)=C(/N(C)N)c2ccccc21. The van der Waals surface area contributed by atoms with Crippen LogP contribution in [0.25, 0.3) is 11.4 Å². The van der Waals surface area contributed by atoms with Gasteiger partial charge in [0, 0.05) is 36.4 Å². The molecule has 1 heterocycles. The van der Waals surface area contributed by atoms with Crippen LogP contribution in [0.15, 0.2) is 48.5 Å². The second kappa shape index (κ2) is 8.08. The summed E-state index contributed by atoms with van der Waals surface area (Å²) in [5, 5.41) is 1.62. The summed E-state index contributed by atoms with van der Waals surface area (Å²) in [5.74, 6) is 6.15. The number of nitrogens with zero attached hydrogens (tertiary/aromatic N) is 2. The van der Waals surface area contributed by atoms with E-state index in [1.165, 1.54) is 5.56 Å². The lowest BCUT2D eigenvalue weighted by Gasteiger charge is -2.35. The van der Waals surface area contributed by atoms with E-state index in [1.807, 2.05) is 33.0 Å². The Morgan fingerprint density at radius 2 is 1.52 bits per heavy atom. The Morgan fingerprint density at radius 3 is 2.12 bits per heavy atom. The molecule has 2 aromatic rings. The number of para-hydroxylation sites is 1. The number of benzene rings is 2. The van der Waals surface area contributed by atoms with Gasteiger partial charge in [-0.25, -0.2) is 5.84 Å². The van der Waals surface area contributed by atoms with E-state index in [4.69, 9.17) is 11.6 Å². The van der Waals surface area contributed by atoms with Gasteiger partial charge < -0.3 is 15.6 Å². The Hall–Kier alpha value is -2.46. The second-order valence-electron chi connectivity index (χ2n) is 6.27. The molecule has 4 nitrogen and oxygen atoms in total. The lowest BCUT2D eigenvalue weighted by molar-refractivity contribution is 0.510. The van der Waals surface area contributed by atoms with Gasteiger partial charge in [0.05, 0.1) is 11.4 Å². The van der Waals surface area contributed by atoms with Crippen LogP contribution in [0, 0.1) is 0 Å². The molecular formula is C21H30N4. The Labute approximate surface area is 151 Å². The maximum atomic E-state index is 6.54. The third kappa shape index (κ3) is 3.64. The summed E-state index contributed by atoms with van der Waals surface area (Å²) in [7, 11) is 1.84. The van der Waals surface area contributed by atoms with E-state index in [2.05, 4.69) is 55.1 Å². The van der Waals surface area contributed by atoms with E-state index in [0.29, 0.717) is 6.04 Å². The minimum atomic E-state index is 0.368. The van der Waals surface area contributed by atoms with Gasteiger partial charge in [0.2, 0.25) is 0 Å². The van der Waals surface area contributed by atoms with Gasteiger partial charge in [0.15, 0.2) is 0 Å². The summed E-state index contributed by atoms with van der Waals surface area (Å²) in [6.07, 6.45) is 0. The molecule has 0 saturated carbocycles. The van der Waals surface area contributed by atoms with Crippen molar-refractivity contribution in [3.63, 3.8) is 0 Å². The zero-order valence-corrected chi connectivity index (χ0v) is 16.0. The molecule has 0 saturated heterocycles. The predicted molar refractivity (Wildman–Crippen MR) is 109 cm³/mol. The molecule has 1 aliphatic heterocycles. The Balaban J connectivity index is 0.00000109. The maximum absolute atomic E-state index is 6.54. The normalized spacial score (nSPS) is 16.2. The highest BCUT2D eigenvalue weighted by molar-refractivity contribution is 5.93. The molecule has 25 heavy (non-hydrogen) atoms. The summed E-state index contributed by atoms with van der Waals surface area (Å²) < 4.78 is 0. The number of nitrogens with two attached hydrogens (primary N) is 2. The van der Waals surface area contributed by atoms with Crippen molar-refractivity contribution in [2.75, 3.05) is 11.9 Å². The Kier molecular flexibility index (Phi) is 6.10. The lowest BCUT2D eigenvalue weighted by atomic mass is 9.95. The molecule has 1 aliphatic rings. The lowest BCUT2D eigenvalue weighted by Crippen LogP contribution is -2.35. The van der Waals surface area contributed by atoms with E-state index < -0.39 is 0 Å². The monoisotopic (exact) mass is 338 g/mol. The number of hydrazine groups is 1. The number of fused-ring (bicyclic) bond motifs is 2. The van der Waals surface area contributed by atoms with E-state index >= 15 is 0 Å². The number of hydrogen-bond donors (Lipinski definition) is 2. The smallest absolute Gasteiger partial charge is 0.0843 e. The molecule has 3 rings (SSSR count). The van der Waals surface area contributed by atoms with Crippen molar-refractivity contribution >= 4 is 17.1 Å². The first-order chi connectivity index (χ1) is 12.0. The van der Waals surface area contributed by atoms with Crippen molar-refractivity contribution in [1.29, 1.82) is 0 Å². The third-order valence-corrected chi connectivity index (χ3v) is 4.35. The largest absolute Gasteiger partial charge is 0.396 e. The molecule has 0 bridgehead atoms. The first kappa shape index (κ1) is 18.9. The average Bonchev–Trinajstić information content (AvgIpc) is 2.60. The highest BCUT2D eigenvalue weighted by Crippen LogP contribution is 2.36. The van der Waals surface area contributed by atoms with Gasteiger partial charge in [-0.15, -0.1) is 0 Å². The fraction of sp³-hybridized carbons (Fsp3) is 0.333. The Morgan fingerprint density at radius 1 is 0.960 bits per heavy atom. The maximum Gasteiger partial charge on any atom is 0.0843 e. The minimum Gasteiger partial charge on any atom is -0.396 e. The van der Waals surface area contributed by atoms with Crippen LogP contribution in [-0.4, -0.2) is 18.1 Å². The van der Waals surface area contributed by atoms with Crippen molar-refractivity contribution in [3.05, 3.63) is 65.2 Å². The first-order valence-corrected chi connectivity index (χ1v) is 8.93. The molecule has 0 fully saturated rings. The fourth-order valence-electron chi connectivity index (χ4n) is 3.23. The fourth-order valence-corrected chi connectivity index (χ4v) is 3.23. The average molecular weight is 338 g/mol. The standard InChI is InChI=1S/C19H24N4.C2H6/c1-13(2)23-12-14-8-4-5-9-15(14)18(20)19(22(3)21)16-10-6-7-11-17(16)23;1-2/h4-11,13H,12,20-21H2,1-3H3;1-2H3/b19-18-;. The van der Waals surface area contributed by atoms with Gasteiger partial charge in [-0.1, -0.05) is 56.3 Å². The van der Waals surface area contributed by atoms with Crippen LogP contribution < -0.4 is 16.5 Å². The summed E-state index contributed by atoms with van der Waals surface area (Å²) in [5.41, 5.74) is 12.6. The predicted octanol–water partition coefficient (Wildman–Crippen LogP) is 4.03. The van der Waals surface area contributed by atoms with Crippen molar-refractivity contribution < 1.29 is 0 Å².